The molecule has 94 valence electrons. The lowest BCUT2D eigenvalue weighted by molar-refractivity contribution is -0.121. The Balaban J connectivity index is 2.40. The van der Waals surface area contributed by atoms with Crippen molar-refractivity contribution in [3.8, 4) is 0 Å². The average Bonchev–Trinajstić information content (AvgIpc) is 2.30. The number of hydrogen-bond acceptors (Lipinski definition) is 2. The topological polar surface area (TPSA) is 41.1 Å². The monoisotopic (exact) mass is 238 g/mol. The first-order valence-electron chi connectivity index (χ1n) is 5.83. The van der Waals surface area contributed by atoms with Crippen LogP contribution in [0.4, 0.5) is 4.39 Å². The van der Waals surface area contributed by atoms with Crippen LogP contribution in [0.2, 0.25) is 0 Å². The van der Waals surface area contributed by atoms with Gasteiger partial charge in [0, 0.05) is 6.42 Å². The van der Waals surface area contributed by atoms with E-state index in [0.717, 1.165) is 18.5 Å². The molecule has 1 unspecified atom stereocenters. The van der Waals surface area contributed by atoms with Gasteiger partial charge in [0.15, 0.2) is 0 Å². The third-order valence-corrected chi connectivity index (χ3v) is 2.58. The molecule has 0 saturated heterocycles. The Labute approximate surface area is 101 Å². The summed E-state index contributed by atoms with van der Waals surface area (Å²) in [5, 5.41) is 5.88. The van der Waals surface area contributed by atoms with Crippen molar-refractivity contribution in [2.75, 3.05) is 13.6 Å². The van der Waals surface area contributed by atoms with Gasteiger partial charge in [-0.3, -0.25) is 4.79 Å². The van der Waals surface area contributed by atoms with Gasteiger partial charge in [0.1, 0.15) is 5.82 Å². The van der Waals surface area contributed by atoms with E-state index in [-0.39, 0.29) is 17.8 Å². The molecule has 0 bridgehead atoms. The van der Waals surface area contributed by atoms with Crippen molar-refractivity contribution in [3.05, 3.63) is 35.6 Å². The van der Waals surface area contributed by atoms with Crippen molar-refractivity contribution in [1.29, 1.82) is 0 Å². The van der Waals surface area contributed by atoms with Crippen LogP contribution in [-0.4, -0.2) is 19.5 Å². The lowest BCUT2D eigenvalue weighted by Crippen LogP contribution is -2.27. The normalized spacial score (nSPS) is 12.2. The Morgan fingerprint density at radius 3 is 2.59 bits per heavy atom. The molecule has 0 aliphatic carbocycles. The van der Waals surface area contributed by atoms with Gasteiger partial charge in [0.25, 0.3) is 0 Å². The van der Waals surface area contributed by atoms with E-state index in [1.807, 2.05) is 14.0 Å². The highest BCUT2D eigenvalue weighted by atomic mass is 19.1. The van der Waals surface area contributed by atoms with Crippen molar-refractivity contribution in [3.63, 3.8) is 0 Å². The molecule has 0 spiro atoms. The molecular formula is C13H19FN2O. The van der Waals surface area contributed by atoms with Gasteiger partial charge in [-0.05, 0) is 44.6 Å². The van der Waals surface area contributed by atoms with Gasteiger partial charge < -0.3 is 10.6 Å². The van der Waals surface area contributed by atoms with Crippen LogP contribution in [0.25, 0.3) is 0 Å². The number of carbonyl (C=O) groups excluding carboxylic acids is 1. The molecule has 0 heterocycles. The fourth-order valence-electron chi connectivity index (χ4n) is 1.57. The summed E-state index contributed by atoms with van der Waals surface area (Å²) >= 11 is 0. The van der Waals surface area contributed by atoms with Gasteiger partial charge in [-0.1, -0.05) is 12.1 Å². The number of carbonyl (C=O) groups is 1. The summed E-state index contributed by atoms with van der Waals surface area (Å²) in [6, 6.07) is 6.09. The van der Waals surface area contributed by atoms with Crippen molar-refractivity contribution in [1.82, 2.24) is 10.6 Å². The van der Waals surface area contributed by atoms with Crippen LogP contribution in [0.5, 0.6) is 0 Å². The van der Waals surface area contributed by atoms with E-state index in [1.54, 1.807) is 12.1 Å². The zero-order chi connectivity index (χ0) is 12.7. The summed E-state index contributed by atoms with van der Waals surface area (Å²) in [6.07, 6.45) is 1.32. The molecule has 2 N–H and O–H groups in total. The minimum atomic E-state index is -0.263. The zero-order valence-corrected chi connectivity index (χ0v) is 10.3. The molecule has 0 aromatic heterocycles. The van der Waals surface area contributed by atoms with Crippen LogP contribution in [0.15, 0.2) is 24.3 Å². The van der Waals surface area contributed by atoms with Gasteiger partial charge in [0.2, 0.25) is 5.91 Å². The quantitative estimate of drug-likeness (QED) is 0.744. The summed E-state index contributed by atoms with van der Waals surface area (Å²) in [5.41, 5.74) is 0.911. The largest absolute Gasteiger partial charge is 0.350 e. The summed E-state index contributed by atoms with van der Waals surface area (Å²) < 4.78 is 12.7. The second kappa shape index (κ2) is 7.01. The highest BCUT2D eigenvalue weighted by Crippen LogP contribution is 2.12. The van der Waals surface area contributed by atoms with E-state index in [4.69, 9.17) is 0 Å². The molecule has 1 amide bonds. The third-order valence-electron chi connectivity index (χ3n) is 2.58. The molecule has 3 nitrogen and oxygen atoms in total. The van der Waals surface area contributed by atoms with Crippen molar-refractivity contribution < 1.29 is 9.18 Å². The second-order valence-corrected chi connectivity index (χ2v) is 4.05. The van der Waals surface area contributed by atoms with Gasteiger partial charge in [0.05, 0.1) is 6.04 Å². The van der Waals surface area contributed by atoms with Gasteiger partial charge in [-0.25, -0.2) is 4.39 Å². The van der Waals surface area contributed by atoms with E-state index in [1.165, 1.54) is 12.1 Å². The molecule has 0 aliphatic rings. The van der Waals surface area contributed by atoms with Gasteiger partial charge >= 0.3 is 0 Å². The smallest absolute Gasteiger partial charge is 0.220 e. The molecule has 17 heavy (non-hydrogen) atoms. The predicted molar refractivity (Wildman–Crippen MR) is 66.1 cm³/mol. The second-order valence-electron chi connectivity index (χ2n) is 4.05. The number of halogens is 1. The fourth-order valence-corrected chi connectivity index (χ4v) is 1.57. The van der Waals surface area contributed by atoms with Crippen LogP contribution in [-0.2, 0) is 4.79 Å². The minimum absolute atomic E-state index is 0.0251. The Bertz CT molecular complexity index is 351. The summed E-state index contributed by atoms with van der Waals surface area (Å²) in [4.78, 5) is 11.6. The molecule has 1 atom stereocenters. The number of rotatable bonds is 6. The number of nitrogens with one attached hydrogen (secondary N) is 2. The Morgan fingerprint density at radius 1 is 1.35 bits per heavy atom. The van der Waals surface area contributed by atoms with E-state index in [2.05, 4.69) is 10.6 Å². The SMILES string of the molecule is CNCCCC(=O)NC(C)c1ccc(F)cc1. The van der Waals surface area contributed by atoms with Crippen LogP contribution < -0.4 is 10.6 Å². The van der Waals surface area contributed by atoms with Crippen LogP contribution in [0, 0.1) is 5.82 Å². The molecular weight excluding hydrogens is 219 g/mol. The van der Waals surface area contributed by atoms with Crippen LogP contribution >= 0.6 is 0 Å². The summed E-state index contributed by atoms with van der Waals surface area (Å²) in [7, 11) is 1.86. The Hall–Kier alpha value is -1.42. The van der Waals surface area contributed by atoms with Gasteiger partial charge in [-0.15, -0.1) is 0 Å². The molecule has 0 saturated carbocycles. The Kier molecular flexibility index (Phi) is 5.63. The van der Waals surface area contributed by atoms with E-state index >= 15 is 0 Å². The number of hydrogen-bond donors (Lipinski definition) is 2. The standard InChI is InChI=1S/C13H19FN2O/c1-10(11-5-7-12(14)8-6-11)16-13(17)4-3-9-15-2/h5-8,10,15H,3-4,9H2,1-2H3,(H,16,17). The van der Waals surface area contributed by atoms with Gasteiger partial charge in [-0.2, -0.15) is 0 Å². The van der Waals surface area contributed by atoms with E-state index < -0.39 is 0 Å². The van der Waals surface area contributed by atoms with Crippen molar-refractivity contribution in [2.45, 2.75) is 25.8 Å². The van der Waals surface area contributed by atoms with Crippen LogP contribution in [0.3, 0.4) is 0 Å². The maximum absolute atomic E-state index is 12.7. The highest BCUT2D eigenvalue weighted by molar-refractivity contribution is 5.76. The Morgan fingerprint density at radius 2 is 2.00 bits per heavy atom. The highest BCUT2D eigenvalue weighted by Gasteiger charge is 2.08. The number of amides is 1. The lowest BCUT2D eigenvalue weighted by Gasteiger charge is -2.14. The van der Waals surface area contributed by atoms with Crippen molar-refractivity contribution >= 4 is 5.91 Å². The fraction of sp³-hybridized carbons (Fsp3) is 0.462. The first-order chi connectivity index (χ1) is 8.13. The minimum Gasteiger partial charge on any atom is -0.350 e. The third kappa shape index (κ3) is 4.95. The first kappa shape index (κ1) is 13.6. The molecule has 1 aromatic carbocycles. The molecule has 0 aliphatic heterocycles. The predicted octanol–water partition coefficient (Wildman–Crippen LogP) is 2.00. The molecule has 0 radical (unpaired) electrons. The van der Waals surface area contributed by atoms with E-state index in [0.29, 0.717) is 6.42 Å². The molecule has 1 aromatic rings. The maximum atomic E-state index is 12.7. The summed E-state index contributed by atoms with van der Waals surface area (Å²) in [6.45, 7) is 2.72. The molecule has 4 heteroatoms. The summed E-state index contributed by atoms with van der Waals surface area (Å²) in [5.74, 6) is -0.238. The zero-order valence-electron chi connectivity index (χ0n) is 10.3. The van der Waals surface area contributed by atoms with Crippen LogP contribution in [0.1, 0.15) is 31.4 Å². The maximum Gasteiger partial charge on any atom is 0.220 e. The molecule has 1 rings (SSSR count). The molecule has 0 fully saturated rings. The average molecular weight is 238 g/mol. The lowest BCUT2D eigenvalue weighted by atomic mass is 10.1. The first-order valence-corrected chi connectivity index (χ1v) is 5.83. The van der Waals surface area contributed by atoms with E-state index in [9.17, 15) is 9.18 Å². The number of benzene rings is 1. The van der Waals surface area contributed by atoms with Crippen molar-refractivity contribution in [2.24, 2.45) is 0 Å².